The lowest BCUT2D eigenvalue weighted by molar-refractivity contribution is 0.262. The van der Waals surface area contributed by atoms with E-state index in [1.807, 2.05) is 6.07 Å². The van der Waals surface area contributed by atoms with Crippen molar-refractivity contribution in [3.63, 3.8) is 0 Å². The first-order valence-corrected chi connectivity index (χ1v) is 7.91. The molecule has 2 amide bonds. The number of nitriles is 1. The number of anilines is 2. The smallest absolute Gasteiger partial charge is 0.323 e. The monoisotopic (exact) mass is 367 g/mol. The van der Waals surface area contributed by atoms with Gasteiger partial charge in [-0.2, -0.15) is 5.26 Å². The number of urea groups is 1. The topological polar surface area (TPSA) is 113 Å². The first kappa shape index (κ1) is 17.9. The van der Waals surface area contributed by atoms with E-state index in [9.17, 15) is 9.18 Å². The van der Waals surface area contributed by atoms with Gasteiger partial charge in [0.25, 0.3) is 0 Å². The highest BCUT2D eigenvalue weighted by atomic mass is 19.1. The zero-order chi connectivity index (χ0) is 19.2. The van der Waals surface area contributed by atoms with Crippen LogP contribution < -0.4 is 15.4 Å². The number of nitrogens with zero attached hydrogens (tertiary/aromatic N) is 3. The van der Waals surface area contributed by atoms with Gasteiger partial charge < -0.3 is 19.8 Å². The summed E-state index contributed by atoms with van der Waals surface area (Å²) < 4.78 is 24.7. The van der Waals surface area contributed by atoms with E-state index < -0.39 is 11.8 Å². The van der Waals surface area contributed by atoms with Crippen molar-refractivity contribution in [2.75, 3.05) is 17.2 Å². The number of rotatable bonds is 5. The molecular formula is C18H14FN5O3. The standard InChI is InChI=1S/C18H14FN5O3/c1-2-26-16-7-13(17-21-5-6-27-17)15(8-14(16)19)24-18(25)23-12-4-3-11(9-20)22-10-12/h3-8,10H,2H2,1H3,(H2,23,24,25). The first-order chi connectivity index (χ1) is 13.1. The first-order valence-electron chi connectivity index (χ1n) is 7.91. The summed E-state index contributed by atoms with van der Waals surface area (Å²) in [6, 6.07) is 6.78. The molecule has 2 aromatic heterocycles. The molecule has 0 spiro atoms. The van der Waals surface area contributed by atoms with Crippen molar-refractivity contribution in [2.45, 2.75) is 6.92 Å². The number of hydrogen-bond acceptors (Lipinski definition) is 6. The van der Waals surface area contributed by atoms with Crippen molar-refractivity contribution in [1.82, 2.24) is 9.97 Å². The van der Waals surface area contributed by atoms with Crippen LogP contribution in [0.2, 0.25) is 0 Å². The van der Waals surface area contributed by atoms with E-state index in [0.717, 1.165) is 6.07 Å². The average Bonchev–Trinajstić information content (AvgIpc) is 3.19. The van der Waals surface area contributed by atoms with Gasteiger partial charge in [0.05, 0.1) is 35.9 Å². The molecular weight excluding hydrogens is 353 g/mol. The third-order valence-corrected chi connectivity index (χ3v) is 3.42. The van der Waals surface area contributed by atoms with Gasteiger partial charge in [-0.15, -0.1) is 0 Å². The number of carbonyl (C=O) groups is 1. The number of carbonyl (C=O) groups excluding carboxylic acids is 1. The Morgan fingerprint density at radius 1 is 1.33 bits per heavy atom. The predicted octanol–water partition coefficient (Wildman–Crippen LogP) is 3.79. The number of hydrogen-bond donors (Lipinski definition) is 2. The summed E-state index contributed by atoms with van der Waals surface area (Å²) in [7, 11) is 0. The molecule has 0 aliphatic rings. The van der Waals surface area contributed by atoms with E-state index in [0.29, 0.717) is 11.3 Å². The van der Waals surface area contributed by atoms with E-state index in [2.05, 4.69) is 20.6 Å². The Morgan fingerprint density at radius 3 is 2.81 bits per heavy atom. The normalized spacial score (nSPS) is 10.1. The van der Waals surface area contributed by atoms with Gasteiger partial charge in [0.15, 0.2) is 11.6 Å². The third-order valence-electron chi connectivity index (χ3n) is 3.42. The molecule has 0 radical (unpaired) electrons. The van der Waals surface area contributed by atoms with Gasteiger partial charge >= 0.3 is 6.03 Å². The van der Waals surface area contributed by atoms with Crippen LogP contribution in [0.25, 0.3) is 11.5 Å². The van der Waals surface area contributed by atoms with Crippen molar-refractivity contribution in [3.05, 3.63) is 54.4 Å². The fourth-order valence-electron chi connectivity index (χ4n) is 2.27. The van der Waals surface area contributed by atoms with E-state index >= 15 is 0 Å². The SMILES string of the molecule is CCOc1cc(-c2ncco2)c(NC(=O)Nc2ccc(C#N)nc2)cc1F. The Bertz CT molecular complexity index is 981. The van der Waals surface area contributed by atoms with Gasteiger partial charge in [0.1, 0.15) is 18.0 Å². The Kier molecular flexibility index (Phi) is 5.28. The van der Waals surface area contributed by atoms with E-state index in [1.54, 1.807) is 6.92 Å². The van der Waals surface area contributed by atoms with Crippen LogP contribution in [-0.4, -0.2) is 22.6 Å². The van der Waals surface area contributed by atoms with Crippen molar-refractivity contribution >= 4 is 17.4 Å². The molecule has 2 N–H and O–H groups in total. The zero-order valence-electron chi connectivity index (χ0n) is 14.2. The minimum absolute atomic E-state index is 0.0213. The molecule has 3 aromatic rings. The molecule has 0 bridgehead atoms. The van der Waals surface area contributed by atoms with Crippen molar-refractivity contribution in [2.24, 2.45) is 0 Å². The molecule has 0 atom stereocenters. The summed E-state index contributed by atoms with van der Waals surface area (Å²) in [5, 5.41) is 13.8. The van der Waals surface area contributed by atoms with E-state index in [4.69, 9.17) is 14.4 Å². The lowest BCUT2D eigenvalue weighted by Gasteiger charge is -2.13. The van der Waals surface area contributed by atoms with Gasteiger partial charge in [-0.05, 0) is 25.1 Å². The molecule has 0 saturated carbocycles. The second-order valence-electron chi connectivity index (χ2n) is 5.22. The number of benzene rings is 1. The van der Waals surface area contributed by atoms with Crippen LogP contribution >= 0.6 is 0 Å². The highest BCUT2D eigenvalue weighted by Crippen LogP contribution is 2.33. The summed E-state index contributed by atoms with van der Waals surface area (Å²) in [5.41, 5.74) is 1.10. The van der Waals surface area contributed by atoms with Crippen LogP contribution in [0.15, 0.2) is 47.3 Å². The number of aromatic nitrogens is 2. The van der Waals surface area contributed by atoms with Crippen LogP contribution in [0, 0.1) is 17.1 Å². The number of halogens is 1. The summed E-state index contributed by atoms with van der Waals surface area (Å²) in [5.74, 6) is -0.415. The Labute approximate surface area is 153 Å². The van der Waals surface area contributed by atoms with Gasteiger partial charge in [-0.1, -0.05) is 0 Å². The largest absolute Gasteiger partial charge is 0.491 e. The number of ether oxygens (including phenoxy) is 1. The highest BCUT2D eigenvalue weighted by Gasteiger charge is 2.17. The van der Waals surface area contributed by atoms with Crippen molar-refractivity contribution in [3.8, 4) is 23.3 Å². The second-order valence-corrected chi connectivity index (χ2v) is 5.22. The van der Waals surface area contributed by atoms with E-state index in [-0.39, 0.29) is 29.6 Å². The van der Waals surface area contributed by atoms with E-state index in [1.165, 1.54) is 36.9 Å². The van der Waals surface area contributed by atoms with Crippen molar-refractivity contribution < 1.29 is 18.3 Å². The van der Waals surface area contributed by atoms with Crippen LogP contribution in [0.4, 0.5) is 20.6 Å². The maximum atomic E-state index is 14.2. The van der Waals surface area contributed by atoms with Gasteiger partial charge in [-0.25, -0.2) is 19.2 Å². The lowest BCUT2D eigenvalue weighted by atomic mass is 10.1. The van der Waals surface area contributed by atoms with Crippen molar-refractivity contribution in [1.29, 1.82) is 5.26 Å². The maximum Gasteiger partial charge on any atom is 0.323 e. The number of oxazole rings is 1. The second kappa shape index (κ2) is 7.97. The molecule has 8 nitrogen and oxygen atoms in total. The quantitative estimate of drug-likeness (QED) is 0.709. The van der Waals surface area contributed by atoms with Crippen LogP contribution in [0.3, 0.4) is 0 Å². The fourth-order valence-corrected chi connectivity index (χ4v) is 2.27. The summed E-state index contributed by atoms with van der Waals surface area (Å²) >= 11 is 0. The molecule has 9 heteroatoms. The molecule has 0 aliphatic carbocycles. The molecule has 1 aromatic carbocycles. The zero-order valence-corrected chi connectivity index (χ0v) is 14.2. The molecule has 0 saturated heterocycles. The molecule has 2 heterocycles. The van der Waals surface area contributed by atoms with Gasteiger partial charge in [0, 0.05) is 6.07 Å². The number of nitrogens with one attached hydrogen (secondary N) is 2. The fraction of sp³-hybridized carbons (Fsp3) is 0.111. The summed E-state index contributed by atoms with van der Waals surface area (Å²) in [6.45, 7) is 2.01. The van der Waals surface area contributed by atoms with Crippen LogP contribution in [0.5, 0.6) is 5.75 Å². The minimum atomic E-state index is -0.637. The third kappa shape index (κ3) is 4.19. The number of amides is 2. The summed E-state index contributed by atoms with van der Waals surface area (Å²) in [6.07, 6.45) is 4.14. The molecule has 0 unspecified atom stereocenters. The van der Waals surface area contributed by atoms with Gasteiger partial charge in [0.2, 0.25) is 5.89 Å². The van der Waals surface area contributed by atoms with Crippen LogP contribution in [-0.2, 0) is 0 Å². The highest BCUT2D eigenvalue weighted by molar-refractivity contribution is 6.02. The predicted molar refractivity (Wildman–Crippen MR) is 94.7 cm³/mol. The average molecular weight is 367 g/mol. The molecule has 27 heavy (non-hydrogen) atoms. The molecule has 3 rings (SSSR count). The molecule has 0 aliphatic heterocycles. The summed E-state index contributed by atoms with van der Waals surface area (Å²) in [4.78, 5) is 20.1. The molecule has 0 fully saturated rings. The lowest BCUT2D eigenvalue weighted by Crippen LogP contribution is -2.20. The number of pyridine rings is 1. The Hall–Kier alpha value is -3.93. The van der Waals surface area contributed by atoms with Crippen LogP contribution in [0.1, 0.15) is 12.6 Å². The molecule has 136 valence electrons. The Morgan fingerprint density at radius 2 is 2.19 bits per heavy atom. The Balaban J connectivity index is 1.85. The van der Waals surface area contributed by atoms with Gasteiger partial charge in [-0.3, -0.25) is 0 Å². The maximum absolute atomic E-state index is 14.2. The minimum Gasteiger partial charge on any atom is -0.491 e.